The highest BCUT2D eigenvalue weighted by atomic mass is 79.9. The third-order valence-electron chi connectivity index (χ3n) is 3.06. The van der Waals surface area contributed by atoms with Gasteiger partial charge in [-0.15, -0.1) is 0 Å². The molecule has 2 N–H and O–H groups in total. The second kappa shape index (κ2) is 6.72. The lowest BCUT2D eigenvalue weighted by atomic mass is 10.00. The van der Waals surface area contributed by atoms with Gasteiger partial charge in [0.15, 0.2) is 0 Å². The van der Waals surface area contributed by atoms with Crippen molar-refractivity contribution in [1.82, 2.24) is 0 Å². The van der Waals surface area contributed by atoms with Gasteiger partial charge in [0, 0.05) is 10.5 Å². The van der Waals surface area contributed by atoms with Gasteiger partial charge in [-0.3, -0.25) is 0 Å². The van der Waals surface area contributed by atoms with E-state index in [0.29, 0.717) is 0 Å². The molecule has 2 aromatic rings. The molecule has 1 unspecified atom stereocenters. The first-order chi connectivity index (χ1) is 8.74. The zero-order chi connectivity index (χ0) is 12.8. The van der Waals surface area contributed by atoms with Crippen LogP contribution in [0.15, 0.2) is 59.1 Å². The lowest BCUT2D eigenvalue weighted by molar-refractivity contribution is 0.610. The van der Waals surface area contributed by atoms with Gasteiger partial charge in [-0.25, -0.2) is 0 Å². The molecule has 94 valence electrons. The summed E-state index contributed by atoms with van der Waals surface area (Å²) in [5.74, 6) is 0. The Bertz CT molecular complexity index is 464. The predicted octanol–water partition coefficient (Wildman–Crippen LogP) is 3.95. The van der Waals surface area contributed by atoms with Crippen LogP contribution in [-0.2, 0) is 12.8 Å². The number of rotatable bonds is 5. The van der Waals surface area contributed by atoms with Crippen LogP contribution < -0.4 is 5.73 Å². The summed E-state index contributed by atoms with van der Waals surface area (Å²) in [5.41, 5.74) is 8.84. The summed E-state index contributed by atoms with van der Waals surface area (Å²) >= 11 is 3.45. The molecule has 2 heteroatoms. The third kappa shape index (κ3) is 4.28. The molecule has 0 bridgehead atoms. The van der Waals surface area contributed by atoms with Crippen molar-refractivity contribution in [2.24, 2.45) is 5.73 Å². The second-order valence-corrected chi connectivity index (χ2v) is 5.53. The van der Waals surface area contributed by atoms with Crippen molar-refractivity contribution < 1.29 is 0 Å². The van der Waals surface area contributed by atoms with Crippen LogP contribution in [0.25, 0.3) is 0 Å². The molecule has 0 aliphatic rings. The van der Waals surface area contributed by atoms with Crippen LogP contribution in [0.3, 0.4) is 0 Å². The van der Waals surface area contributed by atoms with Crippen LogP contribution in [-0.4, -0.2) is 6.04 Å². The summed E-state index contributed by atoms with van der Waals surface area (Å²) < 4.78 is 1.12. The zero-order valence-electron chi connectivity index (χ0n) is 10.4. The maximum absolute atomic E-state index is 6.17. The van der Waals surface area contributed by atoms with E-state index in [1.807, 2.05) is 6.07 Å². The molecule has 0 saturated heterocycles. The van der Waals surface area contributed by atoms with E-state index < -0.39 is 0 Å². The van der Waals surface area contributed by atoms with Gasteiger partial charge in [0.25, 0.3) is 0 Å². The normalized spacial score (nSPS) is 12.3. The van der Waals surface area contributed by atoms with Gasteiger partial charge in [0.05, 0.1) is 0 Å². The van der Waals surface area contributed by atoms with Gasteiger partial charge >= 0.3 is 0 Å². The van der Waals surface area contributed by atoms with Crippen molar-refractivity contribution in [2.75, 3.05) is 0 Å². The van der Waals surface area contributed by atoms with Crippen LogP contribution in [0.1, 0.15) is 17.5 Å². The molecule has 0 heterocycles. The Balaban J connectivity index is 1.81. The Morgan fingerprint density at radius 3 is 2.22 bits per heavy atom. The summed E-state index contributed by atoms with van der Waals surface area (Å²) in [7, 11) is 0. The Labute approximate surface area is 117 Å². The van der Waals surface area contributed by atoms with Gasteiger partial charge < -0.3 is 5.73 Å². The van der Waals surface area contributed by atoms with Crippen LogP contribution in [0.4, 0.5) is 0 Å². The van der Waals surface area contributed by atoms with Crippen LogP contribution in [0, 0.1) is 0 Å². The molecule has 0 aromatic heterocycles. The van der Waals surface area contributed by atoms with E-state index in [0.717, 1.165) is 23.7 Å². The second-order valence-electron chi connectivity index (χ2n) is 4.61. The molecule has 0 aliphatic carbocycles. The maximum Gasteiger partial charge on any atom is 0.0175 e. The molecular weight excluding hydrogens is 286 g/mol. The van der Waals surface area contributed by atoms with Crippen molar-refractivity contribution in [3.8, 4) is 0 Å². The fraction of sp³-hybridized carbons (Fsp3) is 0.250. The fourth-order valence-corrected chi connectivity index (χ4v) is 2.29. The minimum atomic E-state index is 0.232. The van der Waals surface area contributed by atoms with Crippen molar-refractivity contribution in [2.45, 2.75) is 25.3 Å². The molecule has 2 rings (SSSR count). The summed E-state index contributed by atoms with van der Waals surface area (Å²) in [6.07, 6.45) is 3.02. The molecule has 18 heavy (non-hydrogen) atoms. The monoisotopic (exact) mass is 303 g/mol. The summed E-state index contributed by atoms with van der Waals surface area (Å²) in [4.78, 5) is 0. The van der Waals surface area contributed by atoms with E-state index in [1.54, 1.807) is 0 Å². The topological polar surface area (TPSA) is 26.0 Å². The molecule has 0 fully saturated rings. The molecule has 0 amide bonds. The van der Waals surface area contributed by atoms with Crippen molar-refractivity contribution >= 4 is 15.9 Å². The molecule has 1 atom stereocenters. The first kappa shape index (κ1) is 13.3. The smallest absolute Gasteiger partial charge is 0.0175 e. The Morgan fingerprint density at radius 2 is 1.56 bits per heavy atom. The highest BCUT2D eigenvalue weighted by Gasteiger charge is 2.04. The number of halogens is 1. The van der Waals surface area contributed by atoms with Gasteiger partial charge in [-0.1, -0.05) is 58.4 Å². The molecule has 0 aliphatic heterocycles. The maximum atomic E-state index is 6.17. The third-order valence-corrected chi connectivity index (χ3v) is 3.59. The SMILES string of the molecule is NC(CCc1ccc(Br)cc1)Cc1ccccc1. The summed E-state index contributed by atoms with van der Waals surface area (Å²) in [6.45, 7) is 0. The fourth-order valence-electron chi connectivity index (χ4n) is 2.02. The highest BCUT2D eigenvalue weighted by molar-refractivity contribution is 9.10. The van der Waals surface area contributed by atoms with Crippen LogP contribution in [0.5, 0.6) is 0 Å². The number of aryl methyl sites for hydroxylation is 1. The Kier molecular flexibility index (Phi) is 4.97. The van der Waals surface area contributed by atoms with Crippen LogP contribution in [0.2, 0.25) is 0 Å². The number of hydrogen-bond donors (Lipinski definition) is 1. The predicted molar refractivity (Wildman–Crippen MR) is 80.6 cm³/mol. The Morgan fingerprint density at radius 1 is 0.889 bits per heavy atom. The van der Waals surface area contributed by atoms with Crippen molar-refractivity contribution in [3.63, 3.8) is 0 Å². The first-order valence-corrected chi connectivity index (χ1v) is 7.07. The minimum Gasteiger partial charge on any atom is -0.327 e. The number of hydrogen-bond acceptors (Lipinski definition) is 1. The number of nitrogens with two attached hydrogens (primary N) is 1. The molecule has 0 spiro atoms. The van der Waals surface area contributed by atoms with E-state index in [-0.39, 0.29) is 6.04 Å². The van der Waals surface area contributed by atoms with E-state index >= 15 is 0 Å². The Hall–Kier alpha value is -1.12. The highest BCUT2D eigenvalue weighted by Crippen LogP contribution is 2.13. The van der Waals surface area contributed by atoms with E-state index in [4.69, 9.17) is 5.73 Å². The molecule has 0 saturated carbocycles. The molecule has 2 aromatic carbocycles. The van der Waals surface area contributed by atoms with Gasteiger partial charge in [-0.2, -0.15) is 0 Å². The first-order valence-electron chi connectivity index (χ1n) is 6.28. The summed E-state index contributed by atoms with van der Waals surface area (Å²) in [6, 6.07) is 19.1. The van der Waals surface area contributed by atoms with E-state index in [1.165, 1.54) is 11.1 Å². The van der Waals surface area contributed by atoms with Crippen molar-refractivity contribution in [3.05, 3.63) is 70.2 Å². The zero-order valence-corrected chi connectivity index (χ0v) is 11.9. The van der Waals surface area contributed by atoms with Crippen molar-refractivity contribution in [1.29, 1.82) is 0 Å². The van der Waals surface area contributed by atoms with Gasteiger partial charge in [0.1, 0.15) is 0 Å². The van der Waals surface area contributed by atoms with Crippen LogP contribution >= 0.6 is 15.9 Å². The average Bonchev–Trinajstić information content (AvgIpc) is 2.39. The summed E-state index contributed by atoms with van der Waals surface area (Å²) in [5, 5.41) is 0. The lowest BCUT2D eigenvalue weighted by Crippen LogP contribution is -2.23. The standard InChI is InChI=1S/C16H18BrN/c17-15-9-6-13(7-10-15)8-11-16(18)12-14-4-2-1-3-5-14/h1-7,9-10,16H,8,11-12,18H2. The molecule has 1 nitrogen and oxygen atoms in total. The van der Waals surface area contributed by atoms with Gasteiger partial charge in [0.2, 0.25) is 0 Å². The minimum absolute atomic E-state index is 0.232. The van der Waals surface area contributed by atoms with E-state index in [2.05, 4.69) is 64.5 Å². The van der Waals surface area contributed by atoms with Gasteiger partial charge in [-0.05, 0) is 42.5 Å². The molecule has 0 radical (unpaired) electrons. The quantitative estimate of drug-likeness (QED) is 0.889. The largest absolute Gasteiger partial charge is 0.327 e. The number of benzene rings is 2. The average molecular weight is 304 g/mol. The molecular formula is C16H18BrN. The lowest BCUT2D eigenvalue weighted by Gasteiger charge is -2.11. The van der Waals surface area contributed by atoms with E-state index in [9.17, 15) is 0 Å².